The molecule has 0 fully saturated rings. The number of nitrogens with two attached hydrogens (primary N) is 1. The van der Waals surface area contributed by atoms with Crippen LogP contribution in [0.4, 0.5) is 4.39 Å². The van der Waals surface area contributed by atoms with Crippen LogP contribution >= 0.6 is 11.6 Å². The molecule has 0 unspecified atom stereocenters. The maximum Gasteiger partial charge on any atom is 0.165 e. The first kappa shape index (κ1) is 12.9. The lowest BCUT2D eigenvalue weighted by Crippen LogP contribution is -2.04. The lowest BCUT2D eigenvalue weighted by molar-refractivity contribution is 0.287. The van der Waals surface area contributed by atoms with Crippen molar-refractivity contribution in [2.75, 3.05) is 0 Å². The van der Waals surface area contributed by atoms with Crippen molar-refractivity contribution in [1.82, 2.24) is 0 Å². The molecule has 0 amide bonds. The SMILES string of the molecule is NCc1cccc(F)c1OCc1ccc(Cl)cc1. The first-order valence-corrected chi connectivity index (χ1v) is 5.93. The molecule has 2 aromatic carbocycles. The summed E-state index contributed by atoms with van der Waals surface area (Å²) in [6, 6.07) is 11.9. The average Bonchev–Trinajstić information content (AvgIpc) is 2.39. The number of hydrogen-bond acceptors (Lipinski definition) is 2. The van der Waals surface area contributed by atoms with E-state index in [4.69, 9.17) is 22.1 Å². The molecule has 0 aliphatic carbocycles. The van der Waals surface area contributed by atoms with Crippen molar-refractivity contribution in [1.29, 1.82) is 0 Å². The minimum absolute atomic E-state index is 0.218. The Labute approximate surface area is 110 Å². The molecule has 94 valence electrons. The second-order valence-corrected chi connectivity index (χ2v) is 4.28. The minimum atomic E-state index is -0.396. The molecule has 0 atom stereocenters. The Morgan fingerprint density at radius 3 is 2.50 bits per heavy atom. The number of halogens is 2. The summed E-state index contributed by atoms with van der Waals surface area (Å²) in [5.74, 6) is -0.179. The second kappa shape index (κ2) is 5.85. The van der Waals surface area contributed by atoms with Gasteiger partial charge in [-0.25, -0.2) is 4.39 Å². The van der Waals surface area contributed by atoms with E-state index in [1.165, 1.54) is 6.07 Å². The predicted octanol–water partition coefficient (Wildman–Crippen LogP) is 3.52. The fraction of sp³-hybridized carbons (Fsp3) is 0.143. The van der Waals surface area contributed by atoms with Gasteiger partial charge < -0.3 is 10.5 Å². The molecule has 0 aliphatic heterocycles. The van der Waals surface area contributed by atoms with E-state index in [0.717, 1.165) is 5.56 Å². The van der Waals surface area contributed by atoms with E-state index in [1.807, 2.05) is 12.1 Å². The number of para-hydroxylation sites is 1. The first-order chi connectivity index (χ1) is 8.70. The smallest absolute Gasteiger partial charge is 0.165 e. The van der Waals surface area contributed by atoms with Gasteiger partial charge in [-0.15, -0.1) is 0 Å². The molecule has 2 aromatic rings. The normalized spacial score (nSPS) is 10.4. The third kappa shape index (κ3) is 3.00. The number of hydrogen-bond donors (Lipinski definition) is 1. The average molecular weight is 266 g/mol. The molecule has 0 saturated carbocycles. The summed E-state index contributed by atoms with van der Waals surface area (Å²) in [4.78, 5) is 0. The fourth-order valence-corrected chi connectivity index (χ4v) is 1.74. The van der Waals surface area contributed by atoms with Gasteiger partial charge in [0.05, 0.1) is 0 Å². The summed E-state index contributed by atoms with van der Waals surface area (Å²) in [5.41, 5.74) is 7.12. The maximum atomic E-state index is 13.6. The fourth-order valence-electron chi connectivity index (χ4n) is 1.61. The van der Waals surface area contributed by atoms with E-state index in [2.05, 4.69) is 0 Å². The van der Waals surface area contributed by atoms with Crippen molar-refractivity contribution in [3.05, 3.63) is 64.4 Å². The van der Waals surface area contributed by atoms with Crippen LogP contribution in [0.3, 0.4) is 0 Å². The van der Waals surface area contributed by atoms with Gasteiger partial charge in [0, 0.05) is 17.1 Å². The van der Waals surface area contributed by atoms with E-state index in [-0.39, 0.29) is 18.9 Å². The highest BCUT2D eigenvalue weighted by Crippen LogP contribution is 2.23. The molecule has 2 nitrogen and oxygen atoms in total. The lowest BCUT2D eigenvalue weighted by atomic mass is 10.2. The van der Waals surface area contributed by atoms with E-state index in [1.54, 1.807) is 24.3 Å². The Kier molecular flexibility index (Phi) is 4.18. The summed E-state index contributed by atoms with van der Waals surface area (Å²) in [7, 11) is 0. The molecule has 0 aliphatic rings. The van der Waals surface area contributed by atoms with Gasteiger partial charge in [-0.2, -0.15) is 0 Å². The topological polar surface area (TPSA) is 35.2 Å². The van der Waals surface area contributed by atoms with Crippen LogP contribution in [0.5, 0.6) is 5.75 Å². The molecular formula is C14H13ClFNO. The van der Waals surface area contributed by atoms with Crippen LogP contribution < -0.4 is 10.5 Å². The van der Waals surface area contributed by atoms with Gasteiger partial charge in [-0.1, -0.05) is 35.9 Å². The van der Waals surface area contributed by atoms with Crippen LogP contribution in [0.25, 0.3) is 0 Å². The van der Waals surface area contributed by atoms with Crippen LogP contribution in [0.15, 0.2) is 42.5 Å². The molecule has 2 rings (SSSR count). The Morgan fingerprint density at radius 2 is 1.83 bits per heavy atom. The summed E-state index contributed by atoms with van der Waals surface area (Å²) in [5, 5.41) is 0.660. The number of rotatable bonds is 4. The number of benzene rings is 2. The van der Waals surface area contributed by atoms with Crippen LogP contribution in [-0.2, 0) is 13.2 Å². The summed E-state index contributed by atoms with van der Waals surface area (Å²) < 4.78 is 19.1. The minimum Gasteiger partial charge on any atom is -0.485 e. The zero-order chi connectivity index (χ0) is 13.0. The van der Waals surface area contributed by atoms with Crippen LogP contribution in [-0.4, -0.2) is 0 Å². The van der Waals surface area contributed by atoms with E-state index in [9.17, 15) is 4.39 Å². The Hall–Kier alpha value is -1.58. The molecule has 0 saturated heterocycles. The summed E-state index contributed by atoms with van der Waals surface area (Å²) >= 11 is 5.78. The van der Waals surface area contributed by atoms with E-state index < -0.39 is 5.82 Å². The molecule has 0 aromatic heterocycles. The maximum absolute atomic E-state index is 13.6. The lowest BCUT2D eigenvalue weighted by Gasteiger charge is -2.11. The van der Waals surface area contributed by atoms with Crippen LogP contribution in [0.2, 0.25) is 5.02 Å². The van der Waals surface area contributed by atoms with Gasteiger partial charge in [-0.05, 0) is 23.8 Å². The van der Waals surface area contributed by atoms with Gasteiger partial charge in [0.1, 0.15) is 6.61 Å². The largest absolute Gasteiger partial charge is 0.485 e. The van der Waals surface area contributed by atoms with Crippen molar-refractivity contribution in [3.63, 3.8) is 0 Å². The zero-order valence-electron chi connectivity index (χ0n) is 9.70. The molecular weight excluding hydrogens is 253 g/mol. The van der Waals surface area contributed by atoms with Crippen molar-refractivity contribution in [2.45, 2.75) is 13.2 Å². The quantitative estimate of drug-likeness (QED) is 0.918. The van der Waals surface area contributed by atoms with Crippen molar-refractivity contribution >= 4 is 11.6 Å². The predicted molar refractivity (Wildman–Crippen MR) is 70.1 cm³/mol. The van der Waals surface area contributed by atoms with Gasteiger partial charge in [0.15, 0.2) is 11.6 Å². The highest BCUT2D eigenvalue weighted by molar-refractivity contribution is 6.30. The molecule has 0 bridgehead atoms. The van der Waals surface area contributed by atoms with E-state index in [0.29, 0.717) is 10.6 Å². The third-order valence-electron chi connectivity index (χ3n) is 2.56. The Bertz CT molecular complexity index is 528. The van der Waals surface area contributed by atoms with Crippen LogP contribution in [0, 0.1) is 5.82 Å². The van der Waals surface area contributed by atoms with Crippen LogP contribution in [0.1, 0.15) is 11.1 Å². The monoisotopic (exact) mass is 265 g/mol. The van der Waals surface area contributed by atoms with Crippen molar-refractivity contribution < 1.29 is 9.13 Å². The second-order valence-electron chi connectivity index (χ2n) is 3.85. The zero-order valence-corrected chi connectivity index (χ0v) is 10.5. The first-order valence-electron chi connectivity index (χ1n) is 5.55. The Balaban J connectivity index is 2.12. The number of ether oxygens (including phenoxy) is 1. The van der Waals surface area contributed by atoms with Crippen molar-refractivity contribution in [2.24, 2.45) is 5.73 Å². The van der Waals surface area contributed by atoms with Gasteiger partial charge in [0.2, 0.25) is 0 Å². The molecule has 18 heavy (non-hydrogen) atoms. The summed E-state index contributed by atoms with van der Waals surface area (Å²) in [6.07, 6.45) is 0. The van der Waals surface area contributed by atoms with Gasteiger partial charge in [0.25, 0.3) is 0 Å². The summed E-state index contributed by atoms with van der Waals surface area (Å²) in [6.45, 7) is 0.527. The third-order valence-corrected chi connectivity index (χ3v) is 2.82. The highest BCUT2D eigenvalue weighted by Gasteiger charge is 2.08. The van der Waals surface area contributed by atoms with Gasteiger partial charge >= 0.3 is 0 Å². The van der Waals surface area contributed by atoms with Gasteiger partial charge in [-0.3, -0.25) is 0 Å². The van der Waals surface area contributed by atoms with E-state index >= 15 is 0 Å². The molecule has 0 spiro atoms. The standard InChI is InChI=1S/C14H13ClFNO/c15-12-6-4-10(5-7-12)9-18-14-11(8-17)2-1-3-13(14)16/h1-7H,8-9,17H2. The molecule has 0 radical (unpaired) electrons. The molecule has 2 N–H and O–H groups in total. The molecule has 4 heteroatoms. The Morgan fingerprint density at radius 1 is 1.11 bits per heavy atom. The van der Waals surface area contributed by atoms with Crippen molar-refractivity contribution in [3.8, 4) is 5.75 Å². The molecule has 0 heterocycles. The highest BCUT2D eigenvalue weighted by atomic mass is 35.5.